The van der Waals surface area contributed by atoms with Crippen LogP contribution in [-0.2, 0) is 7.05 Å². The summed E-state index contributed by atoms with van der Waals surface area (Å²) in [6, 6.07) is 5.89. The topological polar surface area (TPSA) is 43.3 Å². The first-order chi connectivity index (χ1) is 9.70. The average molecular weight is 272 g/mol. The van der Waals surface area contributed by atoms with E-state index in [1.165, 1.54) is 0 Å². The summed E-state index contributed by atoms with van der Waals surface area (Å²) in [6.45, 7) is 1.88. The molecule has 1 aromatic carbocycles. The minimum Gasteiger partial charge on any atom is -0.497 e. The second kappa shape index (κ2) is 5.29. The zero-order valence-corrected chi connectivity index (χ0v) is 12.0. The van der Waals surface area contributed by atoms with E-state index in [1.807, 2.05) is 36.0 Å². The Morgan fingerprint density at radius 1 is 1.35 bits per heavy atom. The number of hydrogen-bond donors (Lipinski definition) is 1. The molecule has 0 radical (unpaired) electrons. The third kappa shape index (κ3) is 2.20. The van der Waals surface area contributed by atoms with Gasteiger partial charge >= 0.3 is 0 Å². The summed E-state index contributed by atoms with van der Waals surface area (Å²) in [4.78, 5) is 12.7. The SMILES string of the molecule is COc1ccc2c(C(=O)C3CCNCC3)cn(C)c2c1. The van der Waals surface area contributed by atoms with Crippen LogP contribution in [0.25, 0.3) is 10.9 Å². The van der Waals surface area contributed by atoms with Crippen molar-refractivity contribution in [3.63, 3.8) is 0 Å². The molecule has 106 valence electrons. The Morgan fingerprint density at radius 2 is 2.10 bits per heavy atom. The van der Waals surface area contributed by atoms with Gasteiger partial charge in [-0.2, -0.15) is 0 Å². The van der Waals surface area contributed by atoms with Crippen LogP contribution in [0.3, 0.4) is 0 Å². The molecule has 1 aliphatic rings. The predicted molar refractivity (Wildman–Crippen MR) is 79.4 cm³/mol. The van der Waals surface area contributed by atoms with Gasteiger partial charge in [0, 0.05) is 36.2 Å². The lowest BCUT2D eigenvalue weighted by Crippen LogP contribution is -2.31. The van der Waals surface area contributed by atoms with Crippen LogP contribution >= 0.6 is 0 Å². The Balaban J connectivity index is 2.01. The summed E-state index contributed by atoms with van der Waals surface area (Å²) < 4.78 is 7.26. The first kappa shape index (κ1) is 13.2. The van der Waals surface area contributed by atoms with Crippen LogP contribution in [0, 0.1) is 5.92 Å². The Hall–Kier alpha value is -1.81. The van der Waals surface area contributed by atoms with Gasteiger partial charge in [-0.15, -0.1) is 0 Å². The van der Waals surface area contributed by atoms with Gasteiger partial charge in [0.1, 0.15) is 5.75 Å². The second-order valence-electron chi connectivity index (χ2n) is 5.43. The highest BCUT2D eigenvalue weighted by Gasteiger charge is 2.24. The van der Waals surface area contributed by atoms with E-state index in [1.54, 1.807) is 7.11 Å². The van der Waals surface area contributed by atoms with Gasteiger partial charge in [-0.25, -0.2) is 0 Å². The quantitative estimate of drug-likeness (QED) is 0.872. The van der Waals surface area contributed by atoms with Crippen LogP contribution in [0.4, 0.5) is 0 Å². The lowest BCUT2D eigenvalue weighted by atomic mass is 9.89. The Morgan fingerprint density at radius 3 is 2.80 bits per heavy atom. The van der Waals surface area contributed by atoms with E-state index in [0.717, 1.165) is 48.1 Å². The summed E-state index contributed by atoms with van der Waals surface area (Å²) >= 11 is 0. The van der Waals surface area contributed by atoms with Crippen molar-refractivity contribution in [1.82, 2.24) is 9.88 Å². The van der Waals surface area contributed by atoms with E-state index in [4.69, 9.17) is 4.74 Å². The first-order valence-corrected chi connectivity index (χ1v) is 7.08. The molecule has 4 heteroatoms. The van der Waals surface area contributed by atoms with Gasteiger partial charge in [-0.3, -0.25) is 4.79 Å². The van der Waals surface area contributed by atoms with E-state index in [0.29, 0.717) is 0 Å². The Bertz CT molecular complexity index is 639. The molecular formula is C16H20N2O2. The molecule has 2 aromatic rings. The molecule has 1 aromatic heterocycles. The first-order valence-electron chi connectivity index (χ1n) is 7.08. The zero-order valence-electron chi connectivity index (χ0n) is 12.0. The number of aromatic nitrogens is 1. The zero-order chi connectivity index (χ0) is 14.1. The number of rotatable bonds is 3. The summed E-state index contributed by atoms with van der Waals surface area (Å²) in [5, 5.41) is 4.33. The molecule has 1 N–H and O–H groups in total. The highest BCUT2D eigenvalue weighted by Crippen LogP contribution is 2.28. The molecule has 0 bridgehead atoms. The molecule has 2 heterocycles. The number of carbonyl (C=O) groups excluding carboxylic acids is 1. The number of carbonyl (C=O) groups is 1. The van der Waals surface area contributed by atoms with Crippen molar-refractivity contribution >= 4 is 16.7 Å². The van der Waals surface area contributed by atoms with E-state index < -0.39 is 0 Å². The second-order valence-corrected chi connectivity index (χ2v) is 5.43. The monoisotopic (exact) mass is 272 g/mol. The number of ketones is 1. The van der Waals surface area contributed by atoms with Gasteiger partial charge in [-0.1, -0.05) is 0 Å². The minimum atomic E-state index is 0.156. The van der Waals surface area contributed by atoms with E-state index in [-0.39, 0.29) is 11.7 Å². The van der Waals surface area contributed by atoms with Crippen LogP contribution in [0.5, 0.6) is 5.75 Å². The van der Waals surface area contributed by atoms with Crippen LogP contribution in [-0.4, -0.2) is 30.5 Å². The molecule has 0 atom stereocenters. The number of nitrogens with one attached hydrogen (secondary N) is 1. The number of nitrogens with zero attached hydrogens (tertiary/aromatic N) is 1. The van der Waals surface area contributed by atoms with Gasteiger partial charge in [0.2, 0.25) is 0 Å². The molecule has 1 fully saturated rings. The molecule has 0 saturated carbocycles. The minimum absolute atomic E-state index is 0.156. The molecule has 4 nitrogen and oxygen atoms in total. The molecule has 20 heavy (non-hydrogen) atoms. The highest BCUT2D eigenvalue weighted by molar-refractivity contribution is 6.09. The highest BCUT2D eigenvalue weighted by atomic mass is 16.5. The van der Waals surface area contributed by atoms with Crippen molar-refractivity contribution in [3.05, 3.63) is 30.0 Å². The summed E-state index contributed by atoms with van der Waals surface area (Å²) in [6.07, 6.45) is 3.82. The van der Waals surface area contributed by atoms with Crippen LogP contribution in [0.2, 0.25) is 0 Å². The number of hydrogen-bond acceptors (Lipinski definition) is 3. The molecule has 0 amide bonds. The van der Waals surface area contributed by atoms with Gasteiger partial charge < -0.3 is 14.6 Å². The smallest absolute Gasteiger partial charge is 0.168 e. The fourth-order valence-electron chi connectivity index (χ4n) is 2.99. The fourth-order valence-corrected chi connectivity index (χ4v) is 2.99. The number of ether oxygens (including phenoxy) is 1. The van der Waals surface area contributed by atoms with Crippen molar-refractivity contribution in [2.45, 2.75) is 12.8 Å². The van der Waals surface area contributed by atoms with E-state index in [9.17, 15) is 4.79 Å². The average Bonchev–Trinajstić information content (AvgIpc) is 2.84. The van der Waals surface area contributed by atoms with Crippen LogP contribution in [0.1, 0.15) is 23.2 Å². The third-order valence-electron chi connectivity index (χ3n) is 4.17. The maximum absolute atomic E-state index is 12.7. The number of Topliss-reactive ketones (excluding diaryl/α,β-unsaturated/α-hetero) is 1. The number of aryl methyl sites for hydroxylation is 1. The van der Waals surface area contributed by atoms with E-state index >= 15 is 0 Å². The third-order valence-corrected chi connectivity index (χ3v) is 4.17. The number of methoxy groups -OCH3 is 1. The summed E-state index contributed by atoms with van der Waals surface area (Å²) in [7, 11) is 3.63. The standard InChI is InChI=1S/C16H20N2O2/c1-18-10-14(16(19)11-5-7-17-8-6-11)13-4-3-12(20-2)9-15(13)18/h3-4,9-11,17H,5-8H2,1-2H3. The molecule has 1 aliphatic heterocycles. The predicted octanol–water partition coefficient (Wildman–Crippen LogP) is 2.37. The maximum atomic E-state index is 12.7. The van der Waals surface area contributed by atoms with Gasteiger partial charge in [0.05, 0.1) is 12.6 Å². The molecule has 1 saturated heterocycles. The summed E-state index contributed by atoms with van der Waals surface area (Å²) in [5.74, 6) is 1.26. The van der Waals surface area contributed by atoms with Gasteiger partial charge in [0.25, 0.3) is 0 Å². The summed E-state index contributed by atoms with van der Waals surface area (Å²) in [5.41, 5.74) is 1.89. The van der Waals surface area contributed by atoms with Crippen molar-refractivity contribution in [2.75, 3.05) is 20.2 Å². The lowest BCUT2D eigenvalue weighted by Gasteiger charge is -2.21. The van der Waals surface area contributed by atoms with Crippen LogP contribution in [0.15, 0.2) is 24.4 Å². The normalized spacial score (nSPS) is 16.5. The number of fused-ring (bicyclic) bond motifs is 1. The molecule has 0 aliphatic carbocycles. The van der Waals surface area contributed by atoms with Crippen molar-refractivity contribution in [1.29, 1.82) is 0 Å². The molecule has 0 unspecified atom stereocenters. The lowest BCUT2D eigenvalue weighted by molar-refractivity contribution is 0.0896. The van der Waals surface area contributed by atoms with Crippen molar-refractivity contribution in [3.8, 4) is 5.75 Å². The Labute approximate surface area is 118 Å². The van der Waals surface area contributed by atoms with Gasteiger partial charge in [0.15, 0.2) is 5.78 Å². The fraction of sp³-hybridized carbons (Fsp3) is 0.438. The van der Waals surface area contributed by atoms with E-state index in [2.05, 4.69) is 5.32 Å². The Kier molecular flexibility index (Phi) is 3.49. The van der Waals surface area contributed by atoms with Gasteiger partial charge in [-0.05, 0) is 38.1 Å². The molecule has 3 rings (SSSR count). The largest absolute Gasteiger partial charge is 0.497 e. The molecular weight excluding hydrogens is 252 g/mol. The number of piperidine rings is 1. The number of benzene rings is 1. The molecule has 0 spiro atoms. The van der Waals surface area contributed by atoms with Crippen molar-refractivity contribution in [2.24, 2.45) is 13.0 Å². The van der Waals surface area contributed by atoms with Crippen LogP contribution < -0.4 is 10.1 Å². The maximum Gasteiger partial charge on any atom is 0.168 e. The van der Waals surface area contributed by atoms with Crippen molar-refractivity contribution < 1.29 is 9.53 Å².